The zero-order chi connectivity index (χ0) is 7.28. The number of rotatable bonds is 4. The van der Waals surface area contributed by atoms with E-state index >= 15 is 0 Å². The van der Waals surface area contributed by atoms with Crippen LogP contribution >= 0.6 is 0 Å². The minimum atomic E-state index is -0.472. The van der Waals surface area contributed by atoms with E-state index in [-0.39, 0.29) is 0 Å². The standard InChI is InChI=1S/C6H12O3/c1-3-6(9-8)4-5(2)7/h3,5-8H,1,4H2,2H3/t5-,6+/m0/s1. The summed E-state index contributed by atoms with van der Waals surface area (Å²) in [6.07, 6.45) is 0.886. The second kappa shape index (κ2) is 4.49. The Labute approximate surface area is 54.5 Å². The van der Waals surface area contributed by atoms with Crippen LogP contribution in [-0.2, 0) is 4.89 Å². The second-order valence-electron chi connectivity index (χ2n) is 1.96. The molecular formula is C6H12O3. The van der Waals surface area contributed by atoms with Crippen LogP contribution < -0.4 is 0 Å². The highest BCUT2D eigenvalue weighted by molar-refractivity contribution is 4.79. The molecule has 2 N–H and O–H groups in total. The molecule has 0 bridgehead atoms. The molecule has 0 radical (unpaired) electrons. The van der Waals surface area contributed by atoms with Gasteiger partial charge in [0.2, 0.25) is 0 Å². The van der Waals surface area contributed by atoms with Gasteiger partial charge < -0.3 is 5.11 Å². The lowest BCUT2D eigenvalue weighted by molar-refractivity contribution is -0.269. The number of aliphatic hydroxyl groups excluding tert-OH is 1. The van der Waals surface area contributed by atoms with Crippen LogP contribution in [0, 0.1) is 0 Å². The molecule has 0 fully saturated rings. The molecule has 54 valence electrons. The largest absolute Gasteiger partial charge is 0.393 e. The molecular weight excluding hydrogens is 120 g/mol. The second-order valence-corrected chi connectivity index (χ2v) is 1.96. The van der Waals surface area contributed by atoms with Crippen LogP contribution in [0.1, 0.15) is 13.3 Å². The molecule has 0 rings (SSSR count). The van der Waals surface area contributed by atoms with E-state index in [2.05, 4.69) is 11.5 Å². The third kappa shape index (κ3) is 4.14. The van der Waals surface area contributed by atoms with E-state index in [4.69, 9.17) is 10.4 Å². The molecule has 0 aromatic heterocycles. The van der Waals surface area contributed by atoms with E-state index in [0.29, 0.717) is 6.42 Å². The maximum atomic E-state index is 8.75. The van der Waals surface area contributed by atoms with Crippen molar-refractivity contribution in [3.63, 3.8) is 0 Å². The van der Waals surface area contributed by atoms with Crippen molar-refractivity contribution in [2.45, 2.75) is 25.6 Å². The lowest BCUT2D eigenvalue weighted by atomic mass is 10.2. The van der Waals surface area contributed by atoms with Gasteiger partial charge in [0.05, 0.1) is 6.10 Å². The summed E-state index contributed by atoms with van der Waals surface area (Å²) in [4.78, 5) is 3.93. The highest BCUT2D eigenvalue weighted by Gasteiger charge is 2.06. The Morgan fingerprint density at radius 2 is 2.33 bits per heavy atom. The quantitative estimate of drug-likeness (QED) is 0.338. The summed E-state index contributed by atoms with van der Waals surface area (Å²) in [5.41, 5.74) is 0. The van der Waals surface area contributed by atoms with Crippen molar-refractivity contribution in [1.82, 2.24) is 0 Å². The lowest BCUT2D eigenvalue weighted by Crippen LogP contribution is -2.14. The van der Waals surface area contributed by atoms with Gasteiger partial charge in [-0.2, -0.15) is 0 Å². The van der Waals surface area contributed by atoms with Crippen LogP contribution in [0.25, 0.3) is 0 Å². The molecule has 3 nitrogen and oxygen atoms in total. The third-order valence-electron chi connectivity index (χ3n) is 0.972. The van der Waals surface area contributed by atoms with Crippen LogP contribution in [-0.4, -0.2) is 22.6 Å². The van der Waals surface area contributed by atoms with Crippen molar-refractivity contribution >= 4 is 0 Å². The molecule has 0 heterocycles. The average Bonchev–Trinajstić information content (AvgIpc) is 1.82. The minimum absolute atomic E-state index is 0.375. The fourth-order valence-electron chi connectivity index (χ4n) is 0.518. The predicted molar refractivity (Wildman–Crippen MR) is 34.0 cm³/mol. The molecule has 0 unspecified atom stereocenters. The normalized spacial score (nSPS) is 16.8. The van der Waals surface area contributed by atoms with E-state index in [0.717, 1.165) is 0 Å². The summed E-state index contributed by atoms with van der Waals surface area (Å²) < 4.78 is 0. The zero-order valence-electron chi connectivity index (χ0n) is 5.45. The van der Waals surface area contributed by atoms with Crippen molar-refractivity contribution < 1.29 is 15.3 Å². The molecule has 0 aromatic rings. The SMILES string of the molecule is C=C[C@H](C[C@H](C)O)OO. The number of hydrogen-bond donors (Lipinski definition) is 2. The van der Waals surface area contributed by atoms with E-state index in [1.807, 2.05) is 0 Å². The molecule has 0 amide bonds. The summed E-state index contributed by atoms with van der Waals surface area (Å²) in [7, 11) is 0. The Morgan fingerprint density at radius 1 is 1.78 bits per heavy atom. The summed E-state index contributed by atoms with van der Waals surface area (Å²) in [5.74, 6) is 0. The zero-order valence-corrected chi connectivity index (χ0v) is 5.45. The van der Waals surface area contributed by atoms with Gasteiger partial charge in [0.25, 0.3) is 0 Å². The lowest BCUT2D eigenvalue weighted by Gasteiger charge is -2.08. The Bertz CT molecular complexity index is 80.4. The van der Waals surface area contributed by atoms with Gasteiger partial charge in [0.15, 0.2) is 0 Å². The van der Waals surface area contributed by atoms with E-state index in [1.165, 1.54) is 6.08 Å². The number of aliphatic hydroxyl groups is 1. The fraction of sp³-hybridized carbons (Fsp3) is 0.667. The van der Waals surface area contributed by atoms with Crippen molar-refractivity contribution in [2.75, 3.05) is 0 Å². The molecule has 0 spiro atoms. The first-order valence-corrected chi connectivity index (χ1v) is 2.81. The first-order chi connectivity index (χ1) is 4.20. The van der Waals surface area contributed by atoms with E-state index in [1.54, 1.807) is 6.92 Å². The Balaban J connectivity index is 3.42. The van der Waals surface area contributed by atoms with Crippen molar-refractivity contribution in [3.05, 3.63) is 12.7 Å². The van der Waals surface area contributed by atoms with Gasteiger partial charge in [-0.05, 0) is 6.92 Å². The Hall–Kier alpha value is -0.380. The van der Waals surface area contributed by atoms with Crippen LogP contribution in [0.5, 0.6) is 0 Å². The maximum absolute atomic E-state index is 8.75. The molecule has 3 heteroatoms. The van der Waals surface area contributed by atoms with Crippen molar-refractivity contribution in [3.8, 4) is 0 Å². The third-order valence-corrected chi connectivity index (χ3v) is 0.972. The Kier molecular flexibility index (Phi) is 4.30. The van der Waals surface area contributed by atoms with Gasteiger partial charge in [-0.3, -0.25) is 5.26 Å². The number of hydrogen-bond acceptors (Lipinski definition) is 3. The van der Waals surface area contributed by atoms with Gasteiger partial charge in [0, 0.05) is 6.42 Å². The van der Waals surface area contributed by atoms with Gasteiger partial charge in [-0.25, -0.2) is 4.89 Å². The van der Waals surface area contributed by atoms with E-state index in [9.17, 15) is 0 Å². The molecule has 0 aliphatic rings. The van der Waals surface area contributed by atoms with Crippen LogP contribution in [0.15, 0.2) is 12.7 Å². The van der Waals surface area contributed by atoms with Crippen LogP contribution in [0.3, 0.4) is 0 Å². The van der Waals surface area contributed by atoms with Gasteiger partial charge in [-0.15, -0.1) is 6.58 Å². The summed E-state index contributed by atoms with van der Waals surface area (Å²) in [5, 5.41) is 16.8. The summed E-state index contributed by atoms with van der Waals surface area (Å²) >= 11 is 0. The molecule has 2 atom stereocenters. The molecule has 9 heavy (non-hydrogen) atoms. The van der Waals surface area contributed by atoms with Gasteiger partial charge >= 0.3 is 0 Å². The fourth-order valence-corrected chi connectivity index (χ4v) is 0.518. The monoisotopic (exact) mass is 132 g/mol. The minimum Gasteiger partial charge on any atom is -0.393 e. The molecule has 0 aliphatic carbocycles. The topological polar surface area (TPSA) is 49.7 Å². The maximum Gasteiger partial charge on any atom is 0.113 e. The molecule has 0 aliphatic heterocycles. The van der Waals surface area contributed by atoms with Crippen LogP contribution in [0.2, 0.25) is 0 Å². The summed E-state index contributed by atoms with van der Waals surface area (Å²) in [6.45, 7) is 5.01. The first-order valence-electron chi connectivity index (χ1n) is 2.81. The van der Waals surface area contributed by atoms with Crippen molar-refractivity contribution in [2.24, 2.45) is 0 Å². The Morgan fingerprint density at radius 3 is 2.44 bits per heavy atom. The van der Waals surface area contributed by atoms with Gasteiger partial charge in [0.1, 0.15) is 6.10 Å². The molecule has 0 saturated heterocycles. The first kappa shape index (κ1) is 8.62. The predicted octanol–water partition coefficient (Wildman–Crippen LogP) is 0.801. The highest BCUT2D eigenvalue weighted by atomic mass is 17.1. The molecule has 0 aromatic carbocycles. The molecule has 0 saturated carbocycles. The van der Waals surface area contributed by atoms with E-state index < -0.39 is 12.2 Å². The average molecular weight is 132 g/mol. The summed E-state index contributed by atoms with van der Waals surface area (Å²) in [6, 6.07) is 0. The van der Waals surface area contributed by atoms with Crippen molar-refractivity contribution in [1.29, 1.82) is 0 Å². The highest BCUT2D eigenvalue weighted by Crippen LogP contribution is 2.00. The van der Waals surface area contributed by atoms with Gasteiger partial charge in [-0.1, -0.05) is 6.08 Å². The smallest absolute Gasteiger partial charge is 0.113 e. The van der Waals surface area contributed by atoms with Crippen LogP contribution in [0.4, 0.5) is 0 Å².